The number of halogens is 3. The van der Waals surface area contributed by atoms with Crippen molar-refractivity contribution in [2.45, 2.75) is 19.4 Å². The largest absolute Gasteiger partial charge is 0.330 e. The first kappa shape index (κ1) is 16.1. The Kier molecular flexibility index (Phi) is 6.22. The van der Waals surface area contributed by atoms with Crippen LogP contribution in [-0.2, 0) is 0 Å². The Morgan fingerprint density at radius 3 is 2.78 bits per heavy atom. The minimum atomic E-state index is 0. The van der Waals surface area contributed by atoms with Crippen LogP contribution in [0.4, 0.5) is 0 Å². The first-order chi connectivity index (χ1) is 8.11. The summed E-state index contributed by atoms with van der Waals surface area (Å²) < 4.78 is 0. The van der Waals surface area contributed by atoms with E-state index in [9.17, 15) is 0 Å². The lowest BCUT2D eigenvalue weighted by Crippen LogP contribution is -2.26. The molecule has 0 amide bonds. The van der Waals surface area contributed by atoms with Crippen LogP contribution >= 0.6 is 35.6 Å². The maximum Gasteiger partial charge on any atom is 0.0454 e. The topological polar surface area (TPSA) is 29.3 Å². The number of hydrogen-bond donors (Lipinski definition) is 1. The standard InChI is InChI=1S/C13H18Cl2N2.ClH/c1-9(17-5-4-10(7-16)8-17)12-6-11(14)2-3-13(12)15;/h2-3,6,9-10H,4-5,7-8,16H2,1H3;1H. The number of nitrogens with zero attached hydrogens (tertiary/aromatic N) is 1. The first-order valence-electron chi connectivity index (χ1n) is 6.01. The third-order valence-corrected chi connectivity index (χ3v) is 4.19. The van der Waals surface area contributed by atoms with Gasteiger partial charge < -0.3 is 5.73 Å². The van der Waals surface area contributed by atoms with E-state index in [-0.39, 0.29) is 12.4 Å². The van der Waals surface area contributed by atoms with Gasteiger partial charge in [-0.1, -0.05) is 23.2 Å². The third kappa shape index (κ3) is 3.52. The fourth-order valence-corrected chi connectivity index (χ4v) is 2.89. The number of nitrogens with two attached hydrogens (primary N) is 1. The maximum atomic E-state index is 6.23. The predicted octanol–water partition coefficient (Wildman–Crippen LogP) is 3.76. The van der Waals surface area contributed by atoms with Gasteiger partial charge in [-0.3, -0.25) is 4.90 Å². The Balaban J connectivity index is 0.00000162. The normalized spacial score (nSPS) is 21.7. The maximum absolute atomic E-state index is 6.23. The van der Waals surface area contributed by atoms with Crippen LogP contribution in [-0.4, -0.2) is 24.5 Å². The quantitative estimate of drug-likeness (QED) is 0.921. The zero-order valence-electron chi connectivity index (χ0n) is 10.4. The second-order valence-electron chi connectivity index (χ2n) is 4.73. The van der Waals surface area contributed by atoms with Gasteiger partial charge in [0.15, 0.2) is 0 Å². The molecule has 1 aliphatic rings. The lowest BCUT2D eigenvalue weighted by atomic mass is 10.1. The molecular formula is C13H19Cl3N2. The van der Waals surface area contributed by atoms with E-state index in [1.807, 2.05) is 18.2 Å². The van der Waals surface area contributed by atoms with E-state index < -0.39 is 0 Å². The van der Waals surface area contributed by atoms with Gasteiger partial charge in [0, 0.05) is 22.6 Å². The molecule has 2 nitrogen and oxygen atoms in total. The van der Waals surface area contributed by atoms with Crippen molar-refractivity contribution in [3.05, 3.63) is 33.8 Å². The molecule has 2 N–H and O–H groups in total. The van der Waals surface area contributed by atoms with Gasteiger partial charge in [0.2, 0.25) is 0 Å². The van der Waals surface area contributed by atoms with Crippen molar-refractivity contribution < 1.29 is 0 Å². The lowest BCUT2D eigenvalue weighted by Gasteiger charge is -2.25. The molecule has 1 aliphatic heterocycles. The third-order valence-electron chi connectivity index (χ3n) is 3.61. The summed E-state index contributed by atoms with van der Waals surface area (Å²) in [4.78, 5) is 2.43. The Hall–Kier alpha value is 0.01000. The van der Waals surface area contributed by atoms with Gasteiger partial charge >= 0.3 is 0 Å². The molecule has 1 aromatic carbocycles. The summed E-state index contributed by atoms with van der Waals surface area (Å²) in [7, 11) is 0. The Bertz CT molecular complexity index is 398. The highest BCUT2D eigenvalue weighted by molar-refractivity contribution is 6.33. The van der Waals surface area contributed by atoms with Crippen molar-refractivity contribution in [1.82, 2.24) is 4.90 Å². The summed E-state index contributed by atoms with van der Waals surface area (Å²) in [6.45, 7) is 5.09. The van der Waals surface area contributed by atoms with Crippen molar-refractivity contribution in [1.29, 1.82) is 0 Å². The Morgan fingerprint density at radius 1 is 1.44 bits per heavy atom. The second kappa shape index (κ2) is 6.97. The lowest BCUT2D eigenvalue weighted by molar-refractivity contribution is 0.253. The van der Waals surface area contributed by atoms with E-state index >= 15 is 0 Å². The van der Waals surface area contributed by atoms with Crippen LogP contribution in [0.25, 0.3) is 0 Å². The molecule has 2 rings (SSSR count). The molecule has 1 aromatic rings. The molecule has 102 valence electrons. The smallest absolute Gasteiger partial charge is 0.0454 e. The number of benzene rings is 1. The molecule has 0 radical (unpaired) electrons. The molecule has 0 bridgehead atoms. The van der Waals surface area contributed by atoms with Gasteiger partial charge in [-0.2, -0.15) is 0 Å². The van der Waals surface area contributed by atoms with Crippen molar-refractivity contribution in [2.24, 2.45) is 11.7 Å². The summed E-state index contributed by atoms with van der Waals surface area (Å²) in [6.07, 6.45) is 1.18. The Morgan fingerprint density at radius 2 is 2.17 bits per heavy atom. The highest BCUT2D eigenvalue weighted by Crippen LogP contribution is 2.32. The number of likely N-dealkylation sites (tertiary alicyclic amines) is 1. The second-order valence-corrected chi connectivity index (χ2v) is 5.57. The Labute approximate surface area is 125 Å². The fourth-order valence-electron chi connectivity index (χ4n) is 2.44. The van der Waals surface area contributed by atoms with Gasteiger partial charge in [-0.15, -0.1) is 12.4 Å². The van der Waals surface area contributed by atoms with E-state index in [2.05, 4.69) is 11.8 Å². The van der Waals surface area contributed by atoms with Crippen molar-refractivity contribution >= 4 is 35.6 Å². The monoisotopic (exact) mass is 308 g/mol. The molecule has 18 heavy (non-hydrogen) atoms. The number of rotatable bonds is 3. The molecule has 1 fully saturated rings. The molecule has 0 aromatic heterocycles. The van der Waals surface area contributed by atoms with Crippen molar-refractivity contribution in [3.63, 3.8) is 0 Å². The van der Waals surface area contributed by atoms with E-state index in [4.69, 9.17) is 28.9 Å². The van der Waals surface area contributed by atoms with Crippen LogP contribution in [0, 0.1) is 5.92 Å². The van der Waals surface area contributed by atoms with E-state index in [1.54, 1.807) is 0 Å². The van der Waals surface area contributed by atoms with Crippen LogP contribution in [0.1, 0.15) is 24.9 Å². The van der Waals surface area contributed by atoms with Gasteiger partial charge in [0.25, 0.3) is 0 Å². The highest BCUT2D eigenvalue weighted by Gasteiger charge is 2.26. The average molecular weight is 310 g/mol. The minimum absolute atomic E-state index is 0. The van der Waals surface area contributed by atoms with Crippen molar-refractivity contribution in [2.75, 3.05) is 19.6 Å². The summed E-state index contributed by atoms with van der Waals surface area (Å²) in [5, 5.41) is 1.53. The van der Waals surface area contributed by atoms with Gasteiger partial charge in [-0.25, -0.2) is 0 Å². The molecule has 2 atom stereocenters. The summed E-state index contributed by atoms with van der Waals surface area (Å²) in [5.41, 5.74) is 6.82. The van der Waals surface area contributed by atoms with Crippen molar-refractivity contribution in [3.8, 4) is 0 Å². The van der Waals surface area contributed by atoms with E-state index in [0.717, 1.165) is 35.2 Å². The van der Waals surface area contributed by atoms with Gasteiger partial charge in [0.1, 0.15) is 0 Å². The zero-order chi connectivity index (χ0) is 12.4. The summed E-state index contributed by atoms with van der Waals surface area (Å²) in [5.74, 6) is 0.621. The van der Waals surface area contributed by atoms with Crippen LogP contribution < -0.4 is 5.73 Å². The molecule has 0 aliphatic carbocycles. The van der Waals surface area contributed by atoms with Crippen LogP contribution in [0.3, 0.4) is 0 Å². The number of hydrogen-bond acceptors (Lipinski definition) is 2. The first-order valence-corrected chi connectivity index (χ1v) is 6.76. The summed E-state index contributed by atoms with van der Waals surface area (Å²) in [6, 6.07) is 5.96. The van der Waals surface area contributed by atoms with Gasteiger partial charge in [0.05, 0.1) is 0 Å². The SMILES string of the molecule is CC(c1cc(Cl)ccc1Cl)N1CCC(CN)C1.Cl. The van der Waals surface area contributed by atoms with Gasteiger partial charge in [-0.05, 0) is 56.1 Å². The van der Waals surface area contributed by atoms with E-state index in [1.165, 1.54) is 6.42 Å². The molecule has 1 heterocycles. The molecule has 0 spiro atoms. The predicted molar refractivity (Wildman–Crippen MR) is 80.9 cm³/mol. The molecular weight excluding hydrogens is 291 g/mol. The average Bonchev–Trinajstić information content (AvgIpc) is 2.80. The molecule has 5 heteroatoms. The fraction of sp³-hybridized carbons (Fsp3) is 0.538. The van der Waals surface area contributed by atoms with Crippen LogP contribution in [0.5, 0.6) is 0 Å². The van der Waals surface area contributed by atoms with Crippen LogP contribution in [0.15, 0.2) is 18.2 Å². The van der Waals surface area contributed by atoms with Crippen LogP contribution in [0.2, 0.25) is 10.0 Å². The summed E-state index contributed by atoms with van der Waals surface area (Å²) >= 11 is 12.3. The highest BCUT2D eigenvalue weighted by atomic mass is 35.5. The zero-order valence-corrected chi connectivity index (χ0v) is 12.7. The molecule has 0 saturated carbocycles. The minimum Gasteiger partial charge on any atom is -0.330 e. The van der Waals surface area contributed by atoms with E-state index in [0.29, 0.717) is 12.0 Å². The molecule has 2 unspecified atom stereocenters. The molecule has 1 saturated heterocycles.